The van der Waals surface area contributed by atoms with Crippen molar-refractivity contribution in [3.63, 3.8) is 0 Å². The minimum absolute atomic E-state index is 1.22. The molecule has 1 aromatic rings. The van der Waals surface area contributed by atoms with Crippen molar-refractivity contribution < 1.29 is 0 Å². The van der Waals surface area contributed by atoms with E-state index in [0.29, 0.717) is 0 Å². The van der Waals surface area contributed by atoms with Crippen LogP contribution in [0.2, 0.25) is 0 Å². The van der Waals surface area contributed by atoms with Crippen LogP contribution < -0.4 is 0 Å². The van der Waals surface area contributed by atoms with Crippen LogP contribution in [0.4, 0.5) is 0 Å². The van der Waals surface area contributed by atoms with Crippen molar-refractivity contribution in [1.29, 1.82) is 0 Å². The molecule has 0 aliphatic carbocycles. The topological polar surface area (TPSA) is 0 Å². The molecule has 0 heterocycles. The molecule has 12 heavy (non-hydrogen) atoms. The van der Waals surface area contributed by atoms with Crippen LogP contribution in [0.5, 0.6) is 0 Å². The SMILES string of the molecule is CCCc1ccc(C)c(C)c1C. The van der Waals surface area contributed by atoms with Gasteiger partial charge in [0.15, 0.2) is 0 Å². The van der Waals surface area contributed by atoms with Gasteiger partial charge in [-0.05, 0) is 49.4 Å². The van der Waals surface area contributed by atoms with E-state index in [9.17, 15) is 0 Å². The predicted molar refractivity (Wildman–Crippen MR) is 54.6 cm³/mol. The Labute approximate surface area is 75.6 Å². The Kier molecular flexibility index (Phi) is 2.91. The second kappa shape index (κ2) is 3.75. The van der Waals surface area contributed by atoms with Gasteiger partial charge in [-0.1, -0.05) is 25.5 Å². The first-order valence-electron chi connectivity index (χ1n) is 4.72. The summed E-state index contributed by atoms with van der Waals surface area (Å²) in [6.07, 6.45) is 2.45. The highest BCUT2D eigenvalue weighted by atomic mass is 14.1. The second-order valence-electron chi connectivity index (χ2n) is 3.54. The Bertz CT molecular complexity index is 272. The van der Waals surface area contributed by atoms with Gasteiger partial charge in [0.1, 0.15) is 0 Å². The highest BCUT2D eigenvalue weighted by Gasteiger charge is 2.01. The Morgan fingerprint density at radius 3 is 2.25 bits per heavy atom. The lowest BCUT2D eigenvalue weighted by molar-refractivity contribution is 0.908. The molecule has 1 aromatic carbocycles. The van der Waals surface area contributed by atoms with E-state index in [1.807, 2.05) is 0 Å². The summed E-state index contributed by atoms with van der Waals surface area (Å²) in [5.74, 6) is 0. The lowest BCUT2D eigenvalue weighted by Gasteiger charge is -2.09. The summed E-state index contributed by atoms with van der Waals surface area (Å²) < 4.78 is 0. The quantitative estimate of drug-likeness (QED) is 0.623. The zero-order valence-electron chi connectivity index (χ0n) is 8.57. The number of benzene rings is 1. The third-order valence-electron chi connectivity index (χ3n) is 2.69. The first-order valence-corrected chi connectivity index (χ1v) is 4.72. The van der Waals surface area contributed by atoms with E-state index in [-0.39, 0.29) is 0 Å². The van der Waals surface area contributed by atoms with E-state index < -0.39 is 0 Å². The minimum Gasteiger partial charge on any atom is -0.0651 e. The first-order chi connectivity index (χ1) is 5.66. The zero-order chi connectivity index (χ0) is 9.14. The number of rotatable bonds is 2. The fraction of sp³-hybridized carbons (Fsp3) is 0.500. The van der Waals surface area contributed by atoms with Gasteiger partial charge in [-0.3, -0.25) is 0 Å². The maximum Gasteiger partial charge on any atom is -0.0279 e. The molecular formula is C12H18. The van der Waals surface area contributed by atoms with Gasteiger partial charge in [0.25, 0.3) is 0 Å². The maximum atomic E-state index is 2.27. The van der Waals surface area contributed by atoms with Gasteiger partial charge in [0, 0.05) is 0 Å². The van der Waals surface area contributed by atoms with Crippen LogP contribution in [0.25, 0.3) is 0 Å². The Hall–Kier alpha value is -0.780. The maximum absolute atomic E-state index is 2.27. The molecule has 0 saturated heterocycles. The Morgan fingerprint density at radius 1 is 1.00 bits per heavy atom. The molecule has 0 amide bonds. The molecule has 0 nitrogen and oxygen atoms in total. The molecule has 0 aliphatic rings. The van der Waals surface area contributed by atoms with Crippen molar-refractivity contribution in [2.75, 3.05) is 0 Å². The smallest absolute Gasteiger partial charge is 0.0279 e. The summed E-state index contributed by atoms with van der Waals surface area (Å²) in [6.45, 7) is 8.85. The van der Waals surface area contributed by atoms with Crippen molar-refractivity contribution >= 4 is 0 Å². The minimum atomic E-state index is 1.22. The molecule has 0 radical (unpaired) electrons. The number of hydrogen-bond acceptors (Lipinski definition) is 0. The van der Waals surface area contributed by atoms with E-state index in [1.54, 1.807) is 0 Å². The van der Waals surface area contributed by atoms with Gasteiger partial charge in [-0.25, -0.2) is 0 Å². The lowest BCUT2D eigenvalue weighted by Crippen LogP contribution is -1.93. The van der Waals surface area contributed by atoms with Gasteiger partial charge < -0.3 is 0 Å². The van der Waals surface area contributed by atoms with E-state index in [0.717, 1.165) is 0 Å². The molecular weight excluding hydrogens is 144 g/mol. The van der Waals surface area contributed by atoms with E-state index in [1.165, 1.54) is 35.1 Å². The molecule has 0 bridgehead atoms. The van der Waals surface area contributed by atoms with Crippen LogP contribution in [0.15, 0.2) is 12.1 Å². The van der Waals surface area contributed by atoms with Gasteiger partial charge in [-0.2, -0.15) is 0 Å². The molecule has 0 fully saturated rings. The molecule has 0 heteroatoms. The molecule has 0 saturated carbocycles. The van der Waals surface area contributed by atoms with Crippen LogP contribution in [0.3, 0.4) is 0 Å². The summed E-state index contributed by atoms with van der Waals surface area (Å²) >= 11 is 0. The van der Waals surface area contributed by atoms with Crippen molar-refractivity contribution in [2.45, 2.75) is 40.5 Å². The zero-order valence-corrected chi connectivity index (χ0v) is 8.57. The van der Waals surface area contributed by atoms with Crippen LogP contribution in [-0.2, 0) is 6.42 Å². The van der Waals surface area contributed by atoms with Gasteiger partial charge in [0.05, 0.1) is 0 Å². The Balaban J connectivity index is 3.08. The van der Waals surface area contributed by atoms with Crippen molar-refractivity contribution in [2.24, 2.45) is 0 Å². The van der Waals surface area contributed by atoms with Crippen LogP contribution >= 0.6 is 0 Å². The van der Waals surface area contributed by atoms with E-state index in [2.05, 4.69) is 39.8 Å². The fourth-order valence-electron chi connectivity index (χ4n) is 1.55. The van der Waals surface area contributed by atoms with Crippen LogP contribution in [0, 0.1) is 20.8 Å². The van der Waals surface area contributed by atoms with Crippen molar-refractivity contribution in [3.05, 3.63) is 34.4 Å². The highest BCUT2D eigenvalue weighted by molar-refractivity contribution is 5.38. The molecule has 1 rings (SSSR count). The molecule has 0 atom stereocenters. The lowest BCUT2D eigenvalue weighted by atomic mass is 9.96. The average Bonchev–Trinajstić information content (AvgIpc) is 2.07. The van der Waals surface area contributed by atoms with Gasteiger partial charge >= 0.3 is 0 Å². The van der Waals surface area contributed by atoms with E-state index >= 15 is 0 Å². The Morgan fingerprint density at radius 2 is 1.67 bits per heavy atom. The van der Waals surface area contributed by atoms with E-state index in [4.69, 9.17) is 0 Å². The molecule has 0 aliphatic heterocycles. The average molecular weight is 162 g/mol. The summed E-state index contributed by atoms with van der Waals surface area (Å²) in [6, 6.07) is 4.49. The first kappa shape index (κ1) is 9.31. The summed E-state index contributed by atoms with van der Waals surface area (Å²) in [5, 5.41) is 0. The molecule has 66 valence electrons. The number of hydrogen-bond donors (Lipinski definition) is 0. The summed E-state index contributed by atoms with van der Waals surface area (Å²) in [5.41, 5.74) is 5.87. The van der Waals surface area contributed by atoms with Crippen molar-refractivity contribution in [1.82, 2.24) is 0 Å². The monoisotopic (exact) mass is 162 g/mol. The molecule has 0 unspecified atom stereocenters. The predicted octanol–water partition coefficient (Wildman–Crippen LogP) is 3.56. The summed E-state index contributed by atoms with van der Waals surface area (Å²) in [7, 11) is 0. The largest absolute Gasteiger partial charge is 0.0651 e. The third-order valence-corrected chi connectivity index (χ3v) is 2.69. The fourth-order valence-corrected chi connectivity index (χ4v) is 1.55. The number of aryl methyl sites for hydroxylation is 2. The van der Waals surface area contributed by atoms with Crippen molar-refractivity contribution in [3.8, 4) is 0 Å². The second-order valence-corrected chi connectivity index (χ2v) is 3.54. The van der Waals surface area contributed by atoms with Gasteiger partial charge in [-0.15, -0.1) is 0 Å². The van der Waals surface area contributed by atoms with Crippen LogP contribution in [-0.4, -0.2) is 0 Å². The van der Waals surface area contributed by atoms with Crippen LogP contribution in [0.1, 0.15) is 35.6 Å². The molecule has 0 spiro atoms. The highest BCUT2D eigenvalue weighted by Crippen LogP contribution is 2.17. The molecule has 0 aromatic heterocycles. The summed E-state index contributed by atoms with van der Waals surface area (Å²) in [4.78, 5) is 0. The normalized spacial score (nSPS) is 10.3. The van der Waals surface area contributed by atoms with Gasteiger partial charge in [0.2, 0.25) is 0 Å². The molecule has 0 N–H and O–H groups in total. The third kappa shape index (κ3) is 1.69. The standard InChI is InChI=1S/C12H18/c1-5-6-12-8-7-9(2)10(3)11(12)4/h7-8H,5-6H2,1-4H3.